The molecule has 0 unspecified atom stereocenters. The first-order valence-corrected chi connectivity index (χ1v) is 13.5. The van der Waals surface area contributed by atoms with E-state index in [0.717, 1.165) is 40.7 Å². The highest BCUT2D eigenvalue weighted by molar-refractivity contribution is 6.30. The van der Waals surface area contributed by atoms with Gasteiger partial charge < -0.3 is 23.5 Å². The monoisotopic (exact) mass is 537 g/mol. The molecule has 0 spiro atoms. The Hall–Kier alpha value is -3.08. The Bertz CT molecular complexity index is 1400. The number of halogens is 1. The van der Waals surface area contributed by atoms with Crippen LogP contribution in [0.15, 0.2) is 35.4 Å². The van der Waals surface area contributed by atoms with Crippen molar-refractivity contribution in [3.05, 3.63) is 35.9 Å². The molecule has 11 heteroatoms. The van der Waals surface area contributed by atoms with Crippen molar-refractivity contribution in [3.63, 3.8) is 0 Å². The standard InChI is InChI=1S/C27H32ClN7O3/c1-16-4-6-17(7-5-16)12-35-25-20(32-27(35)34(2)22-13-37-14-23(22)36-3)9-21(26-30-15-38-33-26)31-24(25)18-8-19(28)11-29-10-18/h8-11,15-17,22-23H,4-7,12-14H2,1-3H3/t16-,17-,22-,23-/m0/s1. The number of anilines is 1. The van der Waals surface area contributed by atoms with Crippen LogP contribution in [0.5, 0.6) is 0 Å². The fourth-order valence-electron chi connectivity index (χ4n) is 5.75. The van der Waals surface area contributed by atoms with Crippen LogP contribution >= 0.6 is 11.6 Å². The molecule has 0 amide bonds. The van der Waals surface area contributed by atoms with Crippen molar-refractivity contribution < 1.29 is 14.0 Å². The van der Waals surface area contributed by atoms with E-state index in [1.54, 1.807) is 19.5 Å². The molecule has 5 heterocycles. The van der Waals surface area contributed by atoms with Gasteiger partial charge in [0.1, 0.15) is 11.8 Å². The molecule has 1 aliphatic carbocycles. The van der Waals surface area contributed by atoms with Crippen molar-refractivity contribution in [2.75, 3.05) is 32.3 Å². The Kier molecular flexibility index (Phi) is 7.03. The maximum absolute atomic E-state index is 6.38. The Labute approximate surface area is 226 Å². The molecule has 1 aliphatic heterocycles. The zero-order valence-electron chi connectivity index (χ0n) is 21.9. The fourth-order valence-corrected chi connectivity index (χ4v) is 5.93. The highest BCUT2D eigenvalue weighted by Gasteiger charge is 2.35. The predicted molar refractivity (Wildman–Crippen MR) is 144 cm³/mol. The van der Waals surface area contributed by atoms with Crippen molar-refractivity contribution >= 4 is 28.6 Å². The van der Waals surface area contributed by atoms with E-state index >= 15 is 0 Å². The quantitative estimate of drug-likeness (QED) is 0.326. The van der Waals surface area contributed by atoms with E-state index in [-0.39, 0.29) is 12.1 Å². The van der Waals surface area contributed by atoms with Gasteiger partial charge in [0, 0.05) is 38.7 Å². The van der Waals surface area contributed by atoms with Crippen LogP contribution in [-0.4, -0.2) is 69.2 Å². The summed E-state index contributed by atoms with van der Waals surface area (Å²) in [6, 6.07) is 3.85. The van der Waals surface area contributed by atoms with Gasteiger partial charge in [-0.15, -0.1) is 0 Å². The molecule has 4 aromatic heterocycles. The molecule has 10 nitrogen and oxygen atoms in total. The second kappa shape index (κ2) is 10.6. The number of hydrogen-bond donors (Lipinski definition) is 0. The maximum atomic E-state index is 6.38. The van der Waals surface area contributed by atoms with Gasteiger partial charge in [0.15, 0.2) is 0 Å². The van der Waals surface area contributed by atoms with Crippen molar-refractivity contribution in [2.24, 2.45) is 11.8 Å². The largest absolute Gasteiger partial charge is 0.377 e. The lowest BCUT2D eigenvalue weighted by atomic mass is 9.83. The summed E-state index contributed by atoms with van der Waals surface area (Å²) in [5, 5.41) is 4.57. The molecule has 1 saturated heterocycles. The number of imidazole rings is 1. The molecule has 38 heavy (non-hydrogen) atoms. The van der Waals surface area contributed by atoms with Crippen molar-refractivity contribution in [2.45, 2.75) is 51.3 Å². The first-order valence-electron chi connectivity index (χ1n) is 13.1. The van der Waals surface area contributed by atoms with E-state index in [9.17, 15) is 0 Å². The zero-order chi connectivity index (χ0) is 26.2. The number of rotatable bonds is 7. The Morgan fingerprint density at radius 2 is 1.97 bits per heavy atom. The lowest BCUT2D eigenvalue weighted by Gasteiger charge is -2.31. The number of aromatic nitrogens is 6. The summed E-state index contributed by atoms with van der Waals surface area (Å²) in [6.07, 6.45) is 9.55. The number of pyridine rings is 2. The number of hydrogen-bond acceptors (Lipinski definition) is 9. The highest BCUT2D eigenvalue weighted by Crippen LogP contribution is 2.37. The summed E-state index contributed by atoms with van der Waals surface area (Å²) >= 11 is 6.38. The molecule has 2 fully saturated rings. The van der Waals surface area contributed by atoms with E-state index in [0.29, 0.717) is 35.7 Å². The highest BCUT2D eigenvalue weighted by atomic mass is 35.5. The topological polar surface area (TPSA) is 104 Å². The van der Waals surface area contributed by atoms with Crippen molar-refractivity contribution in [3.8, 4) is 22.8 Å². The van der Waals surface area contributed by atoms with Crippen LogP contribution in [0.3, 0.4) is 0 Å². The molecule has 0 bridgehead atoms. The molecule has 200 valence electrons. The number of ether oxygens (including phenoxy) is 2. The summed E-state index contributed by atoms with van der Waals surface area (Å²) in [5.41, 5.74) is 3.85. The van der Waals surface area contributed by atoms with Crippen molar-refractivity contribution in [1.29, 1.82) is 0 Å². The molecular formula is C27H32ClN7O3. The van der Waals surface area contributed by atoms with E-state index < -0.39 is 0 Å². The number of nitrogens with zero attached hydrogens (tertiary/aromatic N) is 7. The van der Waals surface area contributed by atoms with E-state index in [1.165, 1.54) is 32.1 Å². The smallest absolute Gasteiger partial charge is 0.220 e. The van der Waals surface area contributed by atoms with Gasteiger partial charge in [0.05, 0.1) is 41.0 Å². The Morgan fingerprint density at radius 1 is 1.13 bits per heavy atom. The van der Waals surface area contributed by atoms with Crippen LogP contribution in [0.25, 0.3) is 33.8 Å². The lowest BCUT2D eigenvalue weighted by molar-refractivity contribution is 0.0770. The first-order chi connectivity index (χ1) is 18.5. The number of methoxy groups -OCH3 is 1. The molecule has 2 atom stereocenters. The average Bonchev–Trinajstić information content (AvgIpc) is 3.69. The van der Waals surface area contributed by atoms with Crippen LogP contribution in [0, 0.1) is 11.8 Å². The summed E-state index contributed by atoms with van der Waals surface area (Å²) in [4.78, 5) is 21.0. The van der Waals surface area contributed by atoms with Gasteiger partial charge in [0.2, 0.25) is 18.2 Å². The summed E-state index contributed by atoms with van der Waals surface area (Å²) in [5.74, 6) is 2.59. The summed E-state index contributed by atoms with van der Waals surface area (Å²) in [6.45, 7) is 4.34. The maximum Gasteiger partial charge on any atom is 0.220 e. The molecular weight excluding hydrogens is 506 g/mol. The Balaban J connectivity index is 1.55. The molecule has 0 N–H and O–H groups in total. The van der Waals surface area contributed by atoms with Gasteiger partial charge in [-0.2, -0.15) is 4.98 Å². The normalized spacial score (nSPS) is 23.8. The zero-order valence-corrected chi connectivity index (χ0v) is 22.6. The molecule has 6 rings (SSSR count). The van der Waals surface area contributed by atoms with Gasteiger partial charge in [-0.1, -0.05) is 36.5 Å². The minimum absolute atomic E-state index is 0.0339. The fraction of sp³-hybridized carbons (Fsp3) is 0.519. The molecule has 4 aromatic rings. The predicted octanol–water partition coefficient (Wildman–Crippen LogP) is 4.87. The SMILES string of the molecule is CO[C@H]1COC[C@@H]1N(C)c1nc2cc(-c3ncon3)nc(-c3cncc(Cl)c3)c2n1C[C@H]1CC[C@H](C)CC1. The van der Waals surface area contributed by atoms with E-state index in [2.05, 4.69) is 38.6 Å². The van der Waals surface area contributed by atoms with E-state index in [4.69, 9.17) is 35.6 Å². The van der Waals surface area contributed by atoms with E-state index in [1.807, 2.05) is 12.1 Å². The molecule has 2 aliphatic rings. The third-order valence-corrected chi connectivity index (χ3v) is 8.17. The number of likely N-dealkylation sites (N-methyl/N-ethyl adjacent to an activating group) is 1. The third-order valence-electron chi connectivity index (χ3n) is 7.96. The summed E-state index contributed by atoms with van der Waals surface area (Å²) in [7, 11) is 3.80. The third kappa shape index (κ3) is 4.76. The first kappa shape index (κ1) is 25.2. The van der Waals surface area contributed by atoms with Crippen LogP contribution in [0.1, 0.15) is 32.6 Å². The van der Waals surface area contributed by atoms with Crippen LogP contribution in [0.2, 0.25) is 5.02 Å². The van der Waals surface area contributed by atoms with Gasteiger partial charge in [-0.05, 0) is 36.8 Å². The van der Waals surface area contributed by atoms with Crippen LogP contribution in [0.4, 0.5) is 5.95 Å². The molecule has 0 aromatic carbocycles. The minimum atomic E-state index is -0.0339. The Morgan fingerprint density at radius 3 is 2.71 bits per heavy atom. The van der Waals surface area contributed by atoms with Gasteiger partial charge >= 0.3 is 0 Å². The average molecular weight is 538 g/mol. The summed E-state index contributed by atoms with van der Waals surface area (Å²) < 4.78 is 18.9. The number of fused-ring (bicyclic) bond motifs is 1. The minimum Gasteiger partial charge on any atom is -0.377 e. The second-order valence-corrected chi connectivity index (χ2v) is 10.9. The second-order valence-electron chi connectivity index (χ2n) is 10.5. The van der Waals surface area contributed by atoms with Gasteiger partial charge in [-0.3, -0.25) is 4.98 Å². The van der Waals surface area contributed by atoms with Gasteiger partial charge in [0.25, 0.3) is 0 Å². The lowest BCUT2D eigenvalue weighted by Crippen LogP contribution is -2.43. The van der Waals surface area contributed by atoms with Crippen LogP contribution in [-0.2, 0) is 16.0 Å². The van der Waals surface area contributed by atoms with Crippen molar-refractivity contribution in [1.82, 2.24) is 29.7 Å². The molecule has 0 radical (unpaired) electrons. The van der Waals surface area contributed by atoms with Crippen LogP contribution < -0.4 is 4.90 Å². The van der Waals surface area contributed by atoms with Gasteiger partial charge in [-0.25, -0.2) is 9.97 Å². The molecule has 1 saturated carbocycles.